The maximum atomic E-state index is 5.59. The van der Waals surface area contributed by atoms with E-state index < -0.39 is 5.79 Å². The third kappa shape index (κ3) is 2.27. The van der Waals surface area contributed by atoms with Gasteiger partial charge >= 0.3 is 0 Å². The van der Waals surface area contributed by atoms with Gasteiger partial charge in [0.1, 0.15) is 0 Å². The van der Waals surface area contributed by atoms with E-state index in [0.29, 0.717) is 17.5 Å². The maximum Gasteiger partial charge on any atom is 0.162 e. The molecule has 2 aliphatic rings. The van der Waals surface area contributed by atoms with E-state index in [1.54, 1.807) is 0 Å². The minimum atomic E-state index is -0.392. The van der Waals surface area contributed by atoms with Gasteiger partial charge in [-0.2, -0.15) is 0 Å². The number of hydrogen-bond donors (Lipinski definition) is 1. The van der Waals surface area contributed by atoms with E-state index >= 15 is 0 Å². The first kappa shape index (κ1) is 10.4. The van der Waals surface area contributed by atoms with E-state index in [4.69, 9.17) is 9.47 Å². The Labute approximate surface area is 86.2 Å². The van der Waals surface area contributed by atoms with Crippen LogP contribution in [0.25, 0.3) is 0 Å². The lowest BCUT2D eigenvalue weighted by Crippen LogP contribution is -2.49. The molecular formula is C11H21NO2. The van der Waals surface area contributed by atoms with E-state index in [1.807, 2.05) is 13.8 Å². The largest absolute Gasteiger partial charge is 0.349 e. The summed E-state index contributed by atoms with van der Waals surface area (Å²) in [7, 11) is 0. The zero-order valence-electron chi connectivity index (χ0n) is 9.59. The molecule has 0 spiro atoms. The van der Waals surface area contributed by atoms with Crippen LogP contribution in [0.4, 0.5) is 0 Å². The summed E-state index contributed by atoms with van der Waals surface area (Å²) in [6.45, 7) is 10.0. The monoisotopic (exact) mass is 199 g/mol. The summed E-state index contributed by atoms with van der Waals surface area (Å²) in [5.41, 5.74) is 0.479. The van der Waals surface area contributed by atoms with E-state index in [2.05, 4.69) is 19.2 Å². The first-order valence-electron chi connectivity index (χ1n) is 5.43. The Morgan fingerprint density at radius 3 is 2.00 bits per heavy atom. The number of rotatable bonds is 2. The molecule has 0 amide bonds. The fraction of sp³-hybridized carbons (Fsp3) is 1.00. The zero-order valence-corrected chi connectivity index (χ0v) is 9.59. The maximum absolute atomic E-state index is 5.59. The molecule has 0 bridgehead atoms. The first-order chi connectivity index (χ1) is 6.39. The molecular weight excluding hydrogens is 178 g/mol. The molecule has 0 aromatic carbocycles. The lowest BCUT2D eigenvalue weighted by atomic mass is 10.2. The Balaban J connectivity index is 1.75. The number of ether oxygens (including phenoxy) is 2. The molecule has 1 saturated heterocycles. The molecule has 1 atom stereocenters. The van der Waals surface area contributed by atoms with Crippen LogP contribution in [-0.2, 0) is 9.47 Å². The van der Waals surface area contributed by atoms with Crippen LogP contribution in [0.5, 0.6) is 0 Å². The van der Waals surface area contributed by atoms with Crippen molar-refractivity contribution in [2.45, 2.75) is 52.0 Å². The Hall–Kier alpha value is -0.120. The lowest BCUT2D eigenvalue weighted by Gasteiger charge is -2.35. The summed E-state index contributed by atoms with van der Waals surface area (Å²) in [5.74, 6) is -0.392. The van der Waals surface area contributed by atoms with Gasteiger partial charge in [0.15, 0.2) is 5.79 Å². The second-order valence-corrected chi connectivity index (χ2v) is 5.63. The molecule has 2 fully saturated rings. The third-order valence-electron chi connectivity index (χ3n) is 3.21. The highest BCUT2D eigenvalue weighted by Gasteiger charge is 2.46. The Bertz CT molecular complexity index is 215. The second-order valence-electron chi connectivity index (χ2n) is 5.63. The molecule has 0 aromatic heterocycles. The van der Waals surface area contributed by atoms with Crippen molar-refractivity contribution in [3.63, 3.8) is 0 Å². The van der Waals surface area contributed by atoms with Crippen LogP contribution >= 0.6 is 0 Å². The molecule has 82 valence electrons. The normalized spacial score (nSPS) is 35.6. The topological polar surface area (TPSA) is 30.5 Å². The van der Waals surface area contributed by atoms with Crippen molar-refractivity contribution in [3.05, 3.63) is 0 Å². The summed E-state index contributed by atoms with van der Waals surface area (Å²) in [5, 5.41) is 3.57. The molecule has 3 nitrogen and oxygen atoms in total. The van der Waals surface area contributed by atoms with E-state index in [9.17, 15) is 0 Å². The van der Waals surface area contributed by atoms with Crippen LogP contribution in [0.1, 0.15) is 34.1 Å². The molecule has 3 heteroatoms. The smallest absolute Gasteiger partial charge is 0.162 e. The van der Waals surface area contributed by atoms with Crippen molar-refractivity contribution < 1.29 is 9.47 Å². The van der Waals surface area contributed by atoms with Gasteiger partial charge in [0, 0.05) is 6.04 Å². The molecule has 1 aliphatic heterocycles. The van der Waals surface area contributed by atoms with Crippen molar-refractivity contribution in [2.75, 3.05) is 13.2 Å². The van der Waals surface area contributed by atoms with Crippen molar-refractivity contribution in [2.24, 2.45) is 5.41 Å². The summed E-state index contributed by atoms with van der Waals surface area (Å²) in [6, 6.07) is 1.02. The Kier molecular flexibility index (Phi) is 2.37. The highest BCUT2D eigenvalue weighted by atomic mass is 16.7. The average molecular weight is 199 g/mol. The van der Waals surface area contributed by atoms with Crippen molar-refractivity contribution in [3.8, 4) is 0 Å². The van der Waals surface area contributed by atoms with E-state index in [-0.39, 0.29) is 0 Å². The van der Waals surface area contributed by atoms with Gasteiger partial charge in [-0.25, -0.2) is 0 Å². The predicted molar refractivity (Wildman–Crippen MR) is 55.1 cm³/mol. The van der Waals surface area contributed by atoms with Crippen LogP contribution in [0.3, 0.4) is 0 Å². The van der Waals surface area contributed by atoms with Gasteiger partial charge in [-0.05, 0) is 25.7 Å². The fourth-order valence-corrected chi connectivity index (χ4v) is 1.82. The summed E-state index contributed by atoms with van der Waals surface area (Å²) >= 11 is 0. The van der Waals surface area contributed by atoms with Gasteiger partial charge < -0.3 is 14.8 Å². The Morgan fingerprint density at radius 1 is 1.07 bits per heavy atom. The van der Waals surface area contributed by atoms with Crippen LogP contribution < -0.4 is 5.32 Å². The lowest BCUT2D eigenvalue weighted by molar-refractivity contribution is -0.253. The summed E-state index contributed by atoms with van der Waals surface area (Å²) < 4.78 is 11.2. The second kappa shape index (κ2) is 3.19. The van der Waals surface area contributed by atoms with E-state index in [1.165, 1.54) is 6.42 Å². The molecule has 1 unspecified atom stereocenters. The minimum absolute atomic E-state index is 0.370. The van der Waals surface area contributed by atoms with Gasteiger partial charge in [0.2, 0.25) is 0 Å². The molecule has 2 rings (SSSR count). The van der Waals surface area contributed by atoms with Crippen LogP contribution in [-0.4, -0.2) is 31.1 Å². The quantitative estimate of drug-likeness (QED) is 0.731. The van der Waals surface area contributed by atoms with Crippen molar-refractivity contribution in [1.29, 1.82) is 0 Å². The number of nitrogens with one attached hydrogen (secondary N) is 1. The first-order valence-corrected chi connectivity index (χ1v) is 5.43. The fourth-order valence-electron chi connectivity index (χ4n) is 1.82. The van der Waals surface area contributed by atoms with Gasteiger partial charge in [-0.15, -0.1) is 0 Å². The minimum Gasteiger partial charge on any atom is -0.349 e. The Morgan fingerprint density at radius 2 is 1.57 bits per heavy atom. The summed E-state index contributed by atoms with van der Waals surface area (Å²) in [6.07, 6.45) is 1.27. The van der Waals surface area contributed by atoms with Crippen LogP contribution in [0.2, 0.25) is 0 Å². The van der Waals surface area contributed by atoms with Gasteiger partial charge in [0.25, 0.3) is 0 Å². The van der Waals surface area contributed by atoms with E-state index in [0.717, 1.165) is 13.2 Å². The highest BCUT2D eigenvalue weighted by Crippen LogP contribution is 2.44. The molecule has 14 heavy (non-hydrogen) atoms. The van der Waals surface area contributed by atoms with Crippen molar-refractivity contribution >= 4 is 0 Å². The zero-order chi connectivity index (χ0) is 10.4. The number of hydrogen-bond acceptors (Lipinski definition) is 3. The van der Waals surface area contributed by atoms with Crippen LogP contribution in [0, 0.1) is 5.41 Å². The molecule has 0 radical (unpaired) electrons. The standard InChI is InChI=1S/C11H21NO2/c1-10(2)5-9(10)12-8-6-13-11(3,4)14-7-8/h8-9,12H,5-7H2,1-4H3. The van der Waals surface area contributed by atoms with Crippen LogP contribution in [0.15, 0.2) is 0 Å². The highest BCUT2D eigenvalue weighted by molar-refractivity contribution is 5.02. The third-order valence-corrected chi connectivity index (χ3v) is 3.21. The molecule has 1 heterocycles. The summed E-state index contributed by atoms with van der Waals surface area (Å²) in [4.78, 5) is 0. The SMILES string of the molecule is CC1(C)OCC(NC2CC2(C)C)CO1. The van der Waals surface area contributed by atoms with Crippen molar-refractivity contribution in [1.82, 2.24) is 5.32 Å². The molecule has 1 saturated carbocycles. The van der Waals surface area contributed by atoms with Gasteiger partial charge in [0.05, 0.1) is 19.3 Å². The van der Waals surface area contributed by atoms with Gasteiger partial charge in [-0.1, -0.05) is 13.8 Å². The molecule has 0 aromatic rings. The molecule has 1 aliphatic carbocycles. The predicted octanol–water partition coefficient (Wildman–Crippen LogP) is 1.53. The molecule has 1 N–H and O–H groups in total. The van der Waals surface area contributed by atoms with Gasteiger partial charge in [-0.3, -0.25) is 0 Å². The average Bonchev–Trinajstić information content (AvgIpc) is 2.64.